The predicted molar refractivity (Wildman–Crippen MR) is 66.8 cm³/mol. The number of benzene rings is 1. The summed E-state index contributed by atoms with van der Waals surface area (Å²) < 4.78 is 0. The lowest BCUT2D eigenvalue weighted by atomic mass is 10.1. The highest BCUT2D eigenvalue weighted by Crippen LogP contribution is 2.18. The summed E-state index contributed by atoms with van der Waals surface area (Å²) in [5.41, 5.74) is 0.330. The van der Waals surface area contributed by atoms with Gasteiger partial charge in [0.15, 0.2) is 0 Å². The highest BCUT2D eigenvalue weighted by molar-refractivity contribution is 5.92. The van der Waals surface area contributed by atoms with Gasteiger partial charge in [0.1, 0.15) is 0 Å². The fraction of sp³-hybridized carbons (Fsp3) is 0.250. The molecule has 0 spiro atoms. The predicted octanol–water partition coefficient (Wildman–Crippen LogP) is 1.11. The Kier molecular flexibility index (Phi) is 5.53. The molecule has 6 heteroatoms. The number of hydrogen-bond donors (Lipinski definition) is 2. The molecule has 2 N–H and O–H groups in total. The number of nitro benzene ring substituents is 1. The number of carbonyl (C=O) groups excluding carboxylic acids is 1. The molecule has 0 saturated heterocycles. The number of para-hydroxylation sites is 1. The van der Waals surface area contributed by atoms with Gasteiger partial charge in [0.05, 0.1) is 10.5 Å². The lowest BCUT2D eigenvalue weighted by Crippen LogP contribution is -2.22. The summed E-state index contributed by atoms with van der Waals surface area (Å²) in [5.74, 6) is -0.346. The summed E-state index contributed by atoms with van der Waals surface area (Å²) in [5, 5.41) is 21.8. The largest absolute Gasteiger partial charge is 0.396 e. The van der Waals surface area contributed by atoms with E-state index in [1.165, 1.54) is 18.2 Å². The number of carbonyl (C=O) groups is 1. The first-order chi connectivity index (χ1) is 8.65. The van der Waals surface area contributed by atoms with Gasteiger partial charge in [-0.3, -0.25) is 14.9 Å². The van der Waals surface area contributed by atoms with Crippen LogP contribution >= 0.6 is 0 Å². The standard InChI is InChI=1S/C12H14N2O4/c15-9-3-8-13-12(16)7-6-10-4-1-2-5-11(10)14(17)18/h1-2,4-7,15H,3,8-9H2,(H,13,16)/b7-6+. The Morgan fingerprint density at radius 1 is 1.44 bits per heavy atom. The van der Waals surface area contributed by atoms with Gasteiger partial charge in [-0.25, -0.2) is 0 Å². The van der Waals surface area contributed by atoms with E-state index in [2.05, 4.69) is 5.32 Å². The average molecular weight is 250 g/mol. The molecule has 6 nitrogen and oxygen atoms in total. The van der Waals surface area contributed by atoms with Crippen LogP contribution in [0.15, 0.2) is 30.3 Å². The average Bonchev–Trinajstić information content (AvgIpc) is 2.37. The van der Waals surface area contributed by atoms with Crippen LogP contribution in [0.3, 0.4) is 0 Å². The maximum atomic E-state index is 11.3. The van der Waals surface area contributed by atoms with Crippen LogP contribution in [0.2, 0.25) is 0 Å². The molecule has 0 aliphatic rings. The molecule has 0 bridgehead atoms. The summed E-state index contributed by atoms with van der Waals surface area (Å²) in [6.07, 6.45) is 3.11. The number of aliphatic hydroxyl groups is 1. The zero-order chi connectivity index (χ0) is 13.4. The molecule has 0 unspecified atom stereocenters. The van der Waals surface area contributed by atoms with Gasteiger partial charge < -0.3 is 10.4 Å². The van der Waals surface area contributed by atoms with Crippen LogP contribution in [0.1, 0.15) is 12.0 Å². The van der Waals surface area contributed by atoms with Crippen LogP contribution < -0.4 is 5.32 Å². The lowest BCUT2D eigenvalue weighted by Gasteiger charge is -1.99. The topological polar surface area (TPSA) is 92.5 Å². The fourth-order valence-electron chi connectivity index (χ4n) is 1.31. The monoisotopic (exact) mass is 250 g/mol. The van der Waals surface area contributed by atoms with Crippen LogP contribution in [0.5, 0.6) is 0 Å². The van der Waals surface area contributed by atoms with Crippen molar-refractivity contribution in [3.05, 3.63) is 46.0 Å². The zero-order valence-corrected chi connectivity index (χ0v) is 9.70. The minimum Gasteiger partial charge on any atom is -0.396 e. The molecule has 1 aromatic rings. The van der Waals surface area contributed by atoms with Crippen molar-refractivity contribution in [3.8, 4) is 0 Å². The van der Waals surface area contributed by atoms with Crippen molar-refractivity contribution in [2.24, 2.45) is 0 Å². The minimum absolute atomic E-state index is 0.00809. The van der Waals surface area contributed by atoms with Crippen molar-refractivity contribution in [1.82, 2.24) is 5.32 Å². The Balaban J connectivity index is 2.66. The van der Waals surface area contributed by atoms with E-state index in [0.29, 0.717) is 18.5 Å². The van der Waals surface area contributed by atoms with Gasteiger partial charge in [0.25, 0.3) is 5.69 Å². The Bertz CT molecular complexity index is 457. The zero-order valence-electron chi connectivity index (χ0n) is 9.70. The fourth-order valence-corrected chi connectivity index (χ4v) is 1.31. The molecule has 0 aromatic heterocycles. The summed E-state index contributed by atoms with van der Waals surface area (Å²) in [6.45, 7) is 0.380. The number of hydrogen-bond acceptors (Lipinski definition) is 4. The number of amides is 1. The molecule has 0 radical (unpaired) electrons. The van der Waals surface area contributed by atoms with Gasteiger partial charge in [-0.05, 0) is 18.6 Å². The molecule has 0 aliphatic carbocycles. The second-order valence-electron chi connectivity index (χ2n) is 3.52. The van der Waals surface area contributed by atoms with Crippen molar-refractivity contribution in [2.75, 3.05) is 13.2 Å². The second kappa shape index (κ2) is 7.18. The van der Waals surface area contributed by atoms with Crippen LogP contribution in [0, 0.1) is 10.1 Å². The van der Waals surface area contributed by atoms with Crippen molar-refractivity contribution >= 4 is 17.7 Å². The Morgan fingerprint density at radius 2 is 2.17 bits per heavy atom. The number of nitrogens with one attached hydrogen (secondary N) is 1. The van der Waals surface area contributed by atoms with Gasteiger partial charge in [0, 0.05) is 25.3 Å². The third-order valence-electron chi connectivity index (χ3n) is 2.18. The molecule has 1 amide bonds. The second-order valence-corrected chi connectivity index (χ2v) is 3.52. The third-order valence-corrected chi connectivity index (χ3v) is 2.18. The molecule has 1 rings (SSSR count). The van der Waals surface area contributed by atoms with E-state index in [1.807, 2.05) is 0 Å². The minimum atomic E-state index is -0.497. The summed E-state index contributed by atoms with van der Waals surface area (Å²) >= 11 is 0. The van der Waals surface area contributed by atoms with Gasteiger partial charge >= 0.3 is 0 Å². The van der Waals surface area contributed by atoms with Gasteiger partial charge in [-0.15, -0.1) is 0 Å². The van der Waals surface area contributed by atoms with Crippen molar-refractivity contribution in [1.29, 1.82) is 0 Å². The number of nitrogens with zero attached hydrogens (tertiary/aromatic N) is 1. The van der Waals surface area contributed by atoms with E-state index in [4.69, 9.17) is 5.11 Å². The lowest BCUT2D eigenvalue weighted by molar-refractivity contribution is -0.385. The SMILES string of the molecule is O=C(/C=C/c1ccccc1[N+](=O)[O-])NCCCO. The van der Waals surface area contributed by atoms with E-state index in [0.717, 1.165) is 0 Å². The van der Waals surface area contributed by atoms with E-state index < -0.39 is 4.92 Å². The first-order valence-corrected chi connectivity index (χ1v) is 5.45. The third kappa shape index (κ3) is 4.34. The van der Waals surface area contributed by atoms with E-state index >= 15 is 0 Å². The molecule has 1 aromatic carbocycles. The molecule has 0 heterocycles. The van der Waals surface area contributed by atoms with Crippen LogP contribution in [0.4, 0.5) is 5.69 Å². The van der Waals surface area contributed by atoms with Gasteiger partial charge in [-0.1, -0.05) is 12.1 Å². The first kappa shape index (κ1) is 13.9. The molecule has 0 saturated carbocycles. The molecule has 0 fully saturated rings. The smallest absolute Gasteiger partial charge is 0.276 e. The molecular formula is C12H14N2O4. The maximum absolute atomic E-state index is 11.3. The van der Waals surface area contributed by atoms with Crippen LogP contribution in [-0.2, 0) is 4.79 Å². The Hall–Kier alpha value is -2.21. The molecule has 0 atom stereocenters. The maximum Gasteiger partial charge on any atom is 0.276 e. The van der Waals surface area contributed by atoms with Crippen LogP contribution in [-0.4, -0.2) is 29.1 Å². The molecule has 0 aliphatic heterocycles. The first-order valence-electron chi connectivity index (χ1n) is 5.45. The van der Waals surface area contributed by atoms with Gasteiger partial charge in [-0.2, -0.15) is 0 Å². The summed E-state index contributed by atoms with van der Waals surface area (Å²) in [6, 6.07) is 6.17. The number of aliphatic hydroxyl groups excluding tert-OH is 1. The molecule has 18 heavy (non-hydrogen) atoms. The quantitative estimate of drug-likeness (QED) is 0.342. The van der Waals surface area contributed by atoms with E-state index in [9.17, 15) is 14.9 Å². The van der Waals surface area contributed by atoms with Crippen molar-refractivity contribution in [2.45, 2.75) is 6.42 Å². The number of rotatable bonds is 6. The Labute approximate surface area is 104 Å². The molecule has 96 valence electrons. The summed E-state index contributed by atoms with van der Waals surface area (Å²) in [7, 11) is 0. The highest BCUT2D eigenvalue weighted by atomic mass is 16.6. The van der Waals surface area contributed by atoms with Crippen molar-refractivity contribution < 1.29 is 14.8 Å². The molecular weight excluding hydrogens is 236 g/mol. The Morgan fingerprint density at radius 3 is 2.83 bits per heavy atom. The van der Waals surface area contributed by atoms with Crippen molar-refractivity contribution in [3.63, 3.8) is 0 Å². The van der Waals surface area contributed by atoms with Gasteiger partial charge in [0.2, 0.25) is 5.91 Å². The van der Waals surface area contributed by atoms with E-state index in [1.54, 1.807) is 18.2 Å². The number of nitro groups is 1. The summed E-state index contributed by atoms with van der Waals surface area (Å²) in [4.78, 5) is 21.5. The normalized spacial score (nSPS) is 10.5. The highest BCUT2D eigenvalue weighted by Gasteiger charge is 2.09. The van der Waals surface area contributed by atoms with E-state index in [-0.39, 0.29) is 18.2 Å². The van der Waals surface area contributed by atoms with Crippen LogP contribution in [0.25, 0.3) is 6.08 Å².